The smallest absolute Gasteiger partial charge is 0.190 e. The normalized spacial score (nSPS) is 54.8. The molecule has 3 saturated heterocycles. The van der Waals surface area contributed by atoms with Crippen LogP contribution < -0.4 is 0 Å². The molecular formula is C10H16O6. The minimum absolute atomic E-state index is 0.157. The molecule has 6 atom stereocenters. The summed E-state index contributed by atoms with van der Waals surface area (Å²) in [7, 11) is 0. The lowest BCUT2D eigenvalue weighted by Crippen LogP contribution is -2.50. The van der Waals surface area contributed by atoms with Crippen LogP contribution in [0.4, 0.5) is 0 Å². The highest BCUT2D eigenvalue weighted by atomic mass is 16.8. The zero-order valence-electron chi connectivity index (χ0n) is 9.20. The third-order valence-corrected chi connectivity index (χ3v) is 3.16. The van der Waals surface area contributed by atoms with Gasteiger partial charge in [-0.1, -0.05) is 0 Å². The molecule has 0 spiro atoms. The third-order valence-electron chi connectivity index (χ3n) is 3.16. The molecule has 0 amide bonds. The summed E-state index contributed by atoms with van der Waals surface area (Å²) in [6, 6.07) is 0. The van der Waals surface area contributed by atoms with Crippen LogP contribution in [0, 0.1) is 0 Å². The Morgan fingerprint density at radius 1 is 1.00 bits per heavy atom. The molecule has 92 valence electrons. The molecule has 3 fully saturated rings. The van der Waals surface area contributed by atoms with E-state index in [4.69, 9.17) is 18.9 Å². The fourth-order valence-corrected chi connectivity index (χ4v) is 2.55. The SMILES string of the molecule is CC1(C)O[C@H]2O[C@@H]3C(O)CC(O)O[C@@H]3[C@H]2O1. The predicted molar refractivity (Wildman–Crippen MR) is 50.2 cm³/mol. The van der Waals surface area contributed by atoms with Crippen molar-refractivity contribution in [2.75, 3.05) is 0 Å². The molecule has 0 bridgehead atoms. The van der Waals surface area contributed by atoms with Crippen LogP contribution in [-0.2, 0) is 18.9 Å². The average Bonchev–Trinajstić information content (AvgIpc) is 2.59. The van der Waals surface area contributed by atoms with Crippen molar-refractivity contribution in [1.82, 2.24) is 0 Å². The molecule has 3 heterocycles. The Bertz CT molecular complexity index is 293. The van der Waals surface area contributed by atoms with Gasteiger partial charge < -0.3 is 29.2 Å². The van der Waals surface area contributed by atoms with Crippen molar-refractivity contribution in [1.29, 1.82) is 0 Å². The van der Waals surface area contributed by atoms with E-state index in [1.54, 1.807) is 13.8 Å². The fraction of sp³-hybridized carbons (Fsp3) is 1.00. The fourth-order valence-electron chi connectivity index (χ4n) is 2.55. The van der Waals surface area contributed by atoms with Crippen LogP contribution in [0.1, 0.15) is 20.3 Å². The highest BCUT2D eigenvalue weighted by Crippen LogP contribution is 2.42. The Morgan fingerprint density at radius 3 is 2.50 bits per heavy atom. The van der Waals surface area contributed by atoms with Gasteiger partial charge in [0.2, 0.25) is 0 Å². The minimum Gasteiger partial charge on any atom is -0.390 e. The van der Waals surface area contributed by atoms with Crippen LogP contribution in [0.5, 0.6) is 0 Å². The molecule has 0 aromatic rings. The maximum absolute atomic E-state index is 9.76. The molecule has 16 heavy (non-hydrogen) atoms. The van der Waals surface area contributed by atoms with Crippen molar-refractivity contribution < 1.29 is 29.2 Å². The Labute approximate surface area is 93.0 Å². The van der Waals surface area contributed by atoms with Crippen molar-refractivity contribution in [3.63, 3.8) is 0 Å². The van der Waals surface area contributed by atoms with Gasteiger partial charge in [0.1, 0.15) is 18.3 Å². The zero-order valence-corrected chi connectivity index (χ0v) is 9.20. The highest BCUT2D eigenvalue weighted by molar-refractivity contribution is 4.99. The van der Waals surface area contributed by atoms with E-state index in [0.717, 1.165) is 0 Å². The minimum atomic E-state index is -0.967. The Balaban J connectivity index is 1.80. The van der Waals surface area contributed by atoms with E-state index in [1.165, 1.54) is 0 Å². The number of aliphatic hydroxyl groups is 2. The van der Waals surface area contributed by atoms with Gasteiger partial charge in [0.25, 0.3) is 0 Å². The molecule has 0 aromatic heterocycles. The van der Waals surface area contributed by atoms with Crippen molar-refractivity contribution in [3.05, 3.63) is 0 Å². The topological polar surface area (TPSA) is 77.4 Å². The number of fused-ring (bicyclic) bond motifs is 3. The predicted octanol–water partition coefficient (Wildman–Crippen LogP) is -0.669. The summed E-state index contributed by atoms with van der Waals surface area (Å²) in [6.45, 7) is 3.58. The van der Waals surface area contributed by atoms with Gasteiger partial charge in [0.15, 0.2) is 18.4 Å². The first kappa shape index (κ1) is 10.9. The molecule has 3 rings (SSSR count). The average molecular weight is 232 g/mol. The van der Waals surface area contributed by atoms with Crippen LogP contribution in [0.25, 0.3) is 0 Å². The van der Waals surface area contributed by atoms with Gasteiger partial charge in [-0.3, -0.25) is 0 Å². The first-order valence-corrected chi connectivity index (χ1v) is 5.49. The lowest BCUT2D eigenvalue weighted by Gasteiger charge is -2.35. The highest BCUT2D eigenvalue weighted by Gasteiger charge is 2.59. The first-order valence-electron chi connectivity index (χ1n) is 5.49. The second kappa shape index (κ2) is 3.38. The van der Waals surface area contributed by atoms with Gasteiger partial charge in [-0.05, 0) is 13.8 Å². The Morgan fingerprint density at radius 2 is 1.75 bits per heavy atom. The molecule has 0 aliphatic carbocycles. The molecule has 6 heteroatoms. The van der Waals surface area contributed by atoms with Crippen molar-refractivity contribution in [3.8, 4) is 0 Å². The summed E-state index contributed by atoms with van der Waals surface area (Å²) in [6.07, 6.45) is -3.40. The van der Waals surface area contributed by atoms with Crippen LogP contribution in [0.15, 0.2) is 0 Å². The van der Waals surface area contributed by atoms with E-state index < -0.39 is 36.7 Å². The van der Waals surface area contributed by atoms with Gasteiger partial charge in [-0.25, -0.2) is 0 Å². The molecule has 0 saturated carbocycles. The van der Waals surface area contributed by atoms with Gasteiger partial charge >= 0.3 is 0 Å². The summed E-state index contributed by atoms with van der Waals surface area (Å²) >= 11 is 0. The van der Waals surface area contributed by atoms with E-state index in [1.807, 2.05) is 0 Å². The lowest BCUT2D eigenvalue weighted by atomic mass is 10.00. The molecule has 0 aromatic carbocycles. The quantitative estimate of drug-likeness (QED) is 0.577. The summed E-state index contributed by atoms with van der Waals surface area (Å²) < 4.78 is 22.1. The molecule has 0 radical (unpaired) electrons. The van der Waals surface area contributed by atoms with Crippen LogP contribution >= 0.6 is 0 Å². The summed E-state index contributed by atoms with van der Waals surface area (Å²) in [5.74, 6) is -0.711. The second-order valence-corrected chi connectivity index (χ2v) is 4.93. The van der Waals surface area contributed by atoms with Gasteiger partial charge in [-0.2, -0.15) is 0 Å². The summed E-state index contributed by atoms with van der Waals surface area (Å²) in [4.78, 5) is 0. The van der Waals surface area contributed by atoms with E-state index in [9.17, 15) is 10.2 Å². The van der Waals surface area contributed by atoms with Crippen molar-refractivity contribution in [2.24, 2.45) is 0 Å². The number of ether oxygens (including phenoxy) is 4. The van der Waals surface area contributed by atoms with E-state index >= 15 is 0 Å². The van der Waals surface area contributed by atoms with Crippen LogP contribution in [0.3, 0.4) is 0 Å². The maximum Gasteiger partial charge on any atom is 0.190 e. The van der Waals surface area contributed by atoms with E-state index in [2.05, 4.69) is 0 Å². The summed E-state index contributed by atoms with van der Waals surface area (Å²) in [5, 5.41) is 19.2. The third kappa shape index (κ3) is 1.57. The molecule has 2 N–H and O–H groups in total. The number of rotatable bonds is 0. The molecule has 3 aliphatic heterocycles. The van der Waals surface area contributed by atoms with Gasteiger partial charge in [0.05, 0.1) is 6.10 Å². The van der Waals surface area contributed by atoms with E-state index in [-0.39, 0.29) is 12.5 Å². The molecule has 2 unspecified atom stereocenters. The number of hydrogen-bond donors (Lipinski definition) is 2. The summed E-state index contributed by atoms with van der Waals surface area (Å²) in [5.41, 5.74) is 0. The molecular weight excluding hydrogens is 216 g/mol. The number of aliphatic hydroxyl groups excluding tert-OH is 2. The van der Waals surface area contributed by atoms with Crippen LogP contribution in [0.2, 0.25) is 0 Å². The monoisotopic (exact) mass is 232 g/mol. The van der Waals surface area contributed by atoms with Crippen molar-refractivity contribution in [2.45, 2.75) is 63.1 Å². The van der Waals surface area contributed by atoms with E-state index in [0.29, 0.717) is 0 Å². The van der Waals surface area contributed by atoms with Gasteiger partial charge in [0, 0.05) is 6.42 Å². The standard InChI is InChI=1S/C10H16O6/c1-10(2)15-8-7-6(14-9(8)16-10)4(11)3-5(12)13-7/h4-9,11-12H,3H2,1-2H3/t4?,5?,6-,7+,8-,9-/m1/s1. The maximum atomic E-state index is 9.76. The van der Waals surface area contributed by atoms with Crippen LogP contribution in [-0.4, -0.2) is 53.0 Å². The Hall–Kier alpha value is -0.240. The first-order chi connectivity index (χ1) is 7.46. The zero-order chi connectivity index (χ0) is 11.5. The van der Waals surface area contributed by atoms with Gasteiger partial charge in [-0.15, -0.1) is 0 Å². The number of hydrogen-bond acceptors (Lipinski definition) is 6. The second-order valence-electron chi connectivity index (χ2n) is 4.93. The molecule has 6 nitrogen and oxygen atoms in total. The Kier molecular flexibility index (Phi) is 2.30. The van der Waals surface area contributed by atoms with Crippen molar-refractivity contribution >= 4 is 0 Å². The largest absolute Gasteiger partial charge is 0.390 e. The molecule has 3 aliphatic rings. The lowest BCUT2D eigenvalue weighted by molar-refractivity contribution is -0.271.